The van der Waals surface area contributed by atoms with Gasteiger partial charge in [-0.15, -0.1) is 0 Å². The molecule has 0 amide bonds. The van der Waals surface area contributed by atoms with Crippen LogP contribution in [0, 0.1) is 0 Å². The van der Waals surface area contributed by atoms with Gasteiger partial charge in [-0.3, -0.25) is 9.78 Å². The predicted octanol–water partition coefficient (Wildman–Crippen LogP) is 2.78. The topological polar surface area (TPSA) is 39.2 Å². The minimum atomic E-state index is -0.215. The summed E-state index contributed by atoms with van der Waals surface area (Å²) in [6.07, 6.45) is 3.84. The molecular formula is C15H15NO2. The third-order valence-corrected chi connectivity index (χ3v) is 2.89. The normalized spacial score (nSPS) is 11.8. The molecule has 1 atom stereocenters. The molecule has 3 heteroatoms. The number of aromatic nitrogens is 1. The van der Waals surface area contributed by atoms with Gasteiger partial charge < -0.3 is 4.74 Å². The molecule has 0 radical (unpaired) electrons. The first-order chi connectivity index (χ1) is 8.81. The second-order valence-electron chi connectivity index (χ2n) is 4.03. The van der Waals surface area contributed by atoms with Crippen molar-refractivity contribution in [1.29, 1.82) is 0 Å². The van der Waals surface area contributed by atoms with E-state index in [9.17, 15) is 4.79 Å². The van der Waals surface area contributed by atoms with Gasteiger partial charge in [-0.2, -0.15) is 0 Å². The van der Waals surface area contributed by atoms with Gasteiger partial charge in [0.05, 0.1) is 13.5 Å². The van der Waals surface area contributed by atoms with Crippen molar-refractivity contribution in [2.75, 3.05) is 7.11 Å². The molecular weight excluding hydrogens is 226 g/mol. The summed E-state index contributed by atoms with van der Waals surface area (Å²) in [5.41, 5.74) is 2.12. The minimum absolute atomic E-state index is 0.00708. The Balaban J connectivity index is 2.32. The van der Waals surface area contributed by atoms with Gasteiger partial charge in [-0.05, 0) is 17.2 Å². The van der Waals surface area contributed by atoms with Gasteiger partial charge in [0.25, 0.3) is 0 Å². The summed E-state index contributed by atoms with van der Waals surface area (Å²) in [5, 5.41) is 0. The highest BCUT2D eigenvalue weighted by molar-refractivity contribution is 5.71. The van der Waals surface area contributed by atoms with Crippen LogP contribution in [-0.2, 0) is 9.53 Å². The van der Waals surface area contributed by atoms with E-state index >= 15 is 0 Å². The summed E-state index contributed by atoms with van der Waals surface area (Å²) < 4.78 is 4.76. The highest BCUT2D eigenvalue weighted by Crippen LogP contribution is 2.27. The zero-order valence-corrected chi connectivity index (χ0v) is 10.2. The van der Waals surface area contributed by atoms with E-state index < -0.39 is 0 Å². The standard InChI is InChI=1S/C15H15NO2/c1-18-15(17)10-14(12-6-3-2-4-7-12)13-8-5-9-16-11-13/h2-9,11,14H,10H2,1H3/t14-/m0/s1. The van der Waals surface area contributed by atoms with Crippen molar-refractivity contribution >= 4 is 5.97 Å². The van der Waals surface area contributed by atoms with E-state index in [1.54, 1.807) is 12.4 Å². The van der Waals surface area contributed by atoms with Crippen LogP contribution < -0.4 is 0 Å². The molecule has 0 saturated heterocycles. The molecule has 0 N–H and O–H groups in total. The van der Waals surface area contributed by atoms with Crippen LogP contribution in [0.5, 0.6) is 0 Å². The van der Waals surface area contributed by atoms with Crippen molar-refractivity contribution < 1.29 is 9.53 Å². The molecule has 3 nitrogen and oxygen atoms in total. The number of ether oxygens (including phenoxy) is 1. The zero-order chi connectivity index (χ0) is 12.8. The summed E-state index contributed by atoms with van der Waals surface area (Å²) >= 11 is 0. The first kappa shape index (κ1) is 12.3. The van der Waals surface area contributed by atoms with Crippen LogP contribution in [0.25, 0.3) is 0 Å². The molecule has 2 rings (SSSR count). The van der Waals surface area contributed by atoms with Gasteiger partial charge in [0, 0.05) is 18.3 Å². The van der Waals surface area contributed by atoms with E-state index in [4.69, 9.17) is 4.74 Å². The third-order valence-electron chi connectivity index (χ3n) is 2.89. The Labute approximate surface area is 106 Å². The number of methoxy groups -OCH3 is 1. The van der Waals surface area contributed by atoms with E-state index in [-0.39, 0.29) is 11.9 Å². The molecule has 0 saturated carbocycles. The van der Waals surface area contributed by atoms with Gasteiger partial charge in [0.2, 0.25) is 0 Å². The van der Waals surface area contributed by atoms with Crippen LogP contribution in [0.3, 0.4) is 0 Å². The molecule has 1 heterocycles. The van der Waals surface area contributed by atoms with Crippen LogP contribution in [0.2, 0.25) is 0 Å². The average molecular weight is 241 g/mol. The lowest BCUT2D eigenvalue weighted by Gasteiger charge is -2.16. The number of carbonyl (C=O) groups is 1. The Morgan fingerprint density at radius 1 is 1.17 bits per heavy atom. The van der Waals surface area contributed by atoms with Crippen molar-refractivity contribution in [1.82, 2.24) is 4.98 Å². The van der Waals surface area contributed by atoms with Crippen LogP contribution >= 0.6 is 0 Å². The van der Waals surface area contributed by atoms with E-state index in [1.807, 2.05) is 42.5 Å². The molecule has 1 aromatic heterocycles. The number of carbonyl (C=O) groups excluding carboxylic acids is 1. The van der Waals surface area contributed by atoms with Gasteiger partial charge in [0.15, 0.2) is 0 Å². The van der Waals surface area contributed by atoms with Crippen LogP contribution in [0.1, 0.15) is 23.5 Å². The number of nitrogens with zero attached hydrogens (tertiary/aromatic N) is 1. The average Bonchev–Trinajstić information content (AvgIpc) is 2.46. The number of hydrogen-bond donors (Lipinski definition) is 0. The molecule has 18 heavy (non-hydrogen) atoms. The predicted molar refractivity (Wildman–Crippen MR) is 69.2 cm³/mol. The van der Waals surface area contributed by atoms with Gasteiger partial charge in [-0.1, -0.05) is 36.4 Å². The Bertz CT molecular complexity index is 457. The smallest absolute Gasteiger partial charge is 0.306 e. The number of hydrogen-bond acceptors (Lipinski definition) is 3. The van der Waals surface area contributed by atoms with E-state index in [2.05, 4.69) is 4.98 Å². The molecule has 0 unspecified atom stereocenters. The van der Waals surface area contributed by atoms with Crippen molar-refractivity contribution in [3.8, 4) is 0 Å². The number of esters is 1. The van der Waals surface area contributed by atoms with Crippen LogP contribution in [0.4, 0.5) is 0 Å². The maximum Gasteiger partial charge on any atom is 0.306 e. The number of rotatable bonds is 4. The molecule has 0 aliphatic heterocycles. The fourth-order valence-electron chi connectivity index (χ4n) is 1.95. The second kappa shape index (κ2) is 5.96. The molecule has 0 spiro atoms. The highest BCUT2D eigenvalue weighted by Gasteiger charge is 2.18. The quantitative estimate of drug-likeness (QED) is 0.773. The summed E-state index contributed by atoms with van der Waals surface area (Å²) in [6.45, 7) is 0. The summed E-state index contributed by atoms with van der Waals surface area (Å²) in [7, 11) is 1.41. The lowest BCUT2D eigenvalue weighted by Crippen LogP contribution is -2.10. The Kier molecular flexibility index (Phi) is 4.07. The van der Waals surface area contributed by atoms with Gasteiger partial charge >= 0.3 is 5.97 Å². The Morgan fingerprint density at radius 2 is 1.89 bits per heavy atom. The van der Waals surface area contributed by atoms with E-state index in [0.29, 0.717) is 6.42 Å². The first-order valence-corrected chi connectivity index (χ1v) is 5.83. The maximum absolute atomic E-state index is 11.5. The Morgan fingerprint density at radius 3 is 2.50 bits per heavy atom. The minimum Gasteiger partial charge on any atom is -0.469 e. The van der Waals surface area contributed by atoms with Crippen LogP contribution in [-0.4, -0.2) is 18.1 Å². The van der Waals surface area contributed by atoms with Gasteiger partial charge in [-0.25, -0.2) is 0 Å². The summed E-state index contributed by atoms with van der Waals surface area (Å²) in [6, 6.07) is 13.8. The largest absolute Gasteiger partial charge is 0.469 e. The third kappa shape index (κ3) is 2.94. The SMILES string of the molecule is COC(=O)C[C@@H](c1ccccc1)c1cccnc1. The molecule has 0 bridgehead atoms. The second-order valence-corrected chi connectivity index (χ2v) is 4.03. The summed E-state index contributed by atoms with van der Waals surface area (Å²) in [5.74, 6) is -0.222. The highest BCUT2D eigenvalue weighted by atomic mass is 16.5. The molecule has 2 aromatic rings. The fourth-order valence-corrected chi connectivity index (χ4v) is 1.95. The van der Waals surface area contributed by atoms with E-state index in [1.165, 1.54) is 7.11 Å². The zero-order valence-electron chi connectivity index (χ0n) is 10.2. The summed E-state index contributed by atoms with van der Waals surface area (Å²) in [4.78, 5) is 15.6. The lowest BCUT2D eigenvalue weighted by atomic mass is 9.90. The number of benzene rings is 1. The fraction of sp³-hybridized carbons (Fsp3) is 0.200. The van der Waals surface area contributed by atoms with Crippen molar-refractivity contribution in [3.05, 3.63) is 66.0 Å². The van der Waals surface area contributed by atoms with Crippen molar-refractivity contribution in [2.24, 2.45) is 0 Å². The first-order valence-electron chi connectivity index (χ1n) is 5.83. The molecule has 92 valence electrons. The molecule has 0 aliphatic carbocycles. The molecule has 1 aromatic carbocycles. The maximum atomic E-state index is 11.5. The monoisotopic (exact) mass is 241 g/mol. The molecule has 0 fully saturated rings. The molecule has 0 aliphatic rings. The van der Waals surface area contributed by atoms with Crippen molar-refractivity contribution in [3.63, 3.8) is 0 Å². The number of pyridine rings is 1. The van der Waals surface area contributed by atoms with Crippen LogP contribution in [0.15, 0.2) is 54.9 Å². The van der Waals surface area contributed by atoms with Crippen molar-refractivity contribution in [2.45, 2.75) is 12.3 Å². The lowest BCUT2D eigenvalue weighted by molar-refractivity contribution is -0.140. The van der Waals surface area contributed by atoms with E-state index in [0.717, 1.165) is 11.1 Å². The van der Waals surface area contributed by atoms with Gasteiger partial charge in [0.1, 0.15) is 0 Å². The Hall–Kier alpha value is -2.16.